The minimum atomic E-state index is 0. The van der Waals surface area contributed by atoms with Gasteiger partial charge in [0.1, 0.15) is 0 Å². The van der Waals surface area contributed by atoms with E-state index in [4.69, 9.17) is 10.5 Å². The first-order valence-electron chi connectivity index (χ1n) is 6.32. The third-order valence-electron chi connectivity index (χ3n) is 3.49. The summed E-state index contributed by atoms with van der Waals surface area (Å²) in [6.07, 6.45) is 6.46. The normalized spacial score (nSPS) is 24.6. The Morgan fingerprint density at radius 2 is 2.00 bits per heavy atom. The second kappa shape index (κ2) is 6.78. The Morgan fingerprint density at radius 3 is 2.53 bits per heavy atom. The molecule has 0 amide bonds. The van der Waals surface area contributed by atoms with E-state index < -0.39 is 0 Å². The summed E-state index contributed by atoms with van der Waals surface area (Å²) >= 11 is 0. The maximum Gasteiger partial charge on any atom is 0.188 e. The number of nitrogens with one attached hydrogen (secondary N) is 1. The van der Waals surface area contributed by atoms with Gasteiger partial charge in [0, 0.05) is 11.5 Å². The van der Waals surface area contributed by atoms with Gasteiger partial charge in [-0.05, 0) is 12.8 Å². The molecule has 3 N–H and O–H groups in total. The van der Waals surface area contributed by atoms with Crippen molar-refractivity contribution in [1.29, 1.82) is 0 Å². The molecule has 0 unspecified atom stereocenters. The molecule has 1 saturated carbocycles. The van der Waals surface area contributed by atoms with E-state index in [1.54, 1.807) is 0 Å². The molecule has 0 aromatic heterocycles. The van der Waals surface area contributed by atoms with Crippen LogP contribution in [0.15, 0.2) is 4.99 Å². The van der Waals surface area contributed by atoms with Gasteiger partial charge >= 0.3 is 0 Å². The van der Waals surface area contributed by atoms with Crippen molar-refractivity contribution in [3.05, 3.63) is 0 Å². The van der Waals surface area contributed by atoms with Gasteiger partial charge in [0.05, 0.1) is 19.8 Å². The van der Waals surface area contributed by atoms with Gasteiger partial charge in [-0.25, -0.2) is 0 Å². The molecule has 1 aliphatic carbocycles. The summed E-state index contributed by atoms with van der Waals surface area (Å²) in [6.45, 7) is 4.59. The lowest BCUT2D eigenvalue weighted by Crippen LogP contribution is -2.45. The molecule has 1 heterocycles. The average molecular weight is 353 g/mol. The van der Waals surface area contributed by atoms with E-state index in [0.29, 0.717) is 12.0 Å². The first-order chi connectivity index (χ1) is 7.68. The molecular formula is C12H24IN3O. The van der Waals surface area contributed by atoms with E-state index in [0.717, 1.165) is 19.8 Å². The van der Waals surface area contributed by atoms with Crippen LogP contribution in [-0.2, 0) is 4.74 Å². The molecule has 2 aliphatic rings. The van der Waals surface area contributed by atoms with Crippen molar-refractivity contribution in [2.75, 3.05) is 19.8 Å². The molecule has 0 radical (unpaired) electrons. The van der Waals surface area contributed by atoms with E-state index in [2.05, 4.69) is 17.2 Å². The lowest BCUT2D eigenvalue weighted by atomic mass is 9.89. The molecule has 2 fully saturated rings. The fourth-order valence-electron chi connectivity index (χ4n) is 2.32. The Morgan fingerprint density at radius 1 is 1.35 bits per heavy atom. The maximum atomic E-state index is 5.89. The summed E-state index contributed by atoms with van der Waals surface area (Å²) < 4.78 is 5.19. The van der Waals surface area contributed by atoms with Gasteiger partial charge in [-0.1, -0.05) is 26.2 Å². The second-order valence-corrected chi connectivity index (χ2v) is 5.48. The summed E-state index contributed by atoms with van der Waals surface area (Å²) in [6, 6.07) is 0.544. The highest BCUT2D eigenvalue weighted by Crippen LogP contribution is 2.26. The first-order valence-corrected chi connectivity index (χ1v) is 6.32. The minimum absolute atomic E-state index is 0. The molecule has 1 saturated heterocycles. The van der Waals surface area contributed by atoms with E-state index >= 15 is 0 Å². The second-order valence-electron chi connectivity index (χ2n) is 5.48. The molecule has 17 heavy (non-hydrogen) atoms. The third-order valence-corrected chi connectivity index (χ3v) is 3.49. The van der Waals surface area contributed by atoms with Crippen LogP contribution in [0.4, 0.5) is 0 Å². The number of aliphatic imine (C=N–C) groups is 1. The fraction of sp³-hybridized carbons (Fsp3) is 0.917. The van der Waals surface area contributed by atoms with Crippen molar-refractivity contribution in [2.45, 2.75) is 45.1 Å². The Kier molecular flexibility index (Phi) is 5.99. The quantitative estimate of drug-likeness (QED) is 0.463. The number of nitrogens with zero attached hydrogens (tertiary/aromatic N) is 1. The SMILES string of the molecule is CC1(CN=C(N)NC2CCCCC2)COC1.I. The van der Waals surface area contributed by atoms with Crippen LogP contribution >= 0.6 is 24.0 Å². The summed E-state index contributed by atoms with van der Waals surface area (Å²) in [5.41, 5.74) is 6.11. The Bertz CT molecular complexity index is 260. The number of rotatable bonds is 3. The molecule has 4 nitrogen and oxygen atoms in total. The summed E-state index contributed by atoms with van der Waals surface area (Å²) in [5.74, 6) is 0.611. The number of hydrogen-bond donors (Lipinski definition) is 2. The topological polar surface area (TPSA) is 59.6 Å². The first kappa shape index (κ1) is 15.0. The molecule has 1 aliphatic heterocycles. The lowest BCUT2D eigenvalue weighted by Gasteiger charge is -2.36. The zero-order valence-corrected chi connectivity index (χ0v) is 12.9. The fourth-order valence-corrected chi connectivity index (χ4v) is 2.32. The van der Waals surface area contributed by atoms with E-state index in [1.165, 1.54) is 32.1 Å². The van der Waals surface area contributed by atoms with Crippen LogP contribution in [-0.4, -0.2) is 31.8 Å². The zero-order valence-electron chi connectivity index (χ0n) is 10.6. The third kappa shape index (κ3) is 4.62. The largest absolute Gasteiger partial charge is 0.380 e. The van der Waals surface area contributed by atoms with E-state index in [1.807, 2.05) is 0 Å². The number of hydrogen-bond acceptors (Lipinski definition) is 2. The van der Waals surface area contributed by atoms with Crippen LogP contribution in [0.1, 0.15) is 39.0 Å². The number of ether oxygens (including phenoxy) is 1. The van der Waals surface area contributed by atoms with Crippen molar-refractivity contribution < 1.29 is 4.74 Å². The van der Waals surface area contributed by atoms with Gasteiger partial charge < -0.3 is 15.8 Å². The van der Waals surface area contributed by atoms with Crippen LogP contribution < -0.4 is 11.1 Å². The lowest BCUT2D eigenvalue weighted by molar-refractivity contribution is -0.0945. The molecule has 0 aromatic carbocycles. The summed E-state index contributed by atoms with van der Waals surface area (Å²) in [7, 11) is 0. The van der Waals surface area contributed by atoms with Gasteiger partial charge in [-0.15, -0.1) is 24.0 Å². The van der Waals surface area contributed by atoms with Gasteiger partial charge in [-0.2, -0.15) is 0 Å². The van der Waals surface area contributed by atoms with Crippen LogP contribution in [0.3, 0.4) is 0 Å². The van der Waals surface area contributed by atoms with E-state index in [9.17, 15) is 0 Å². The zero-order chi connectivity index (χ0) is 11.4. The summed E-state index contributed by atoms with van der Waals surface area (Å²) in [5, 5.41) is 3.33. The minimum Gasteiger partial charge on any atom is -0.380 e. The van der Waals surface area contributed by atoms with Gasteiger partial charge in [0.25, 0.3) is 0 Å². The average Bonchev–Trinajstić information content (AvgIpc) is 2.25. The van der Waals surface area contributed by atoms with Crippen molar-refractivity contribution in [2.24, 2.45) is 16.1 Å². The van der Waals surface area contributed by atoms with Crippen LogP contribution in [0.25, 0.3) is 0 Å². The Labute approximate surface area is 121 Å². The molecule has 0 atom stereocenters. The Balaban J connectivity index is 0.00000144. The monoisotopic (exact) mass is 353 g/mol. The van der Waals surface area contributed by atoms with Crippen LogP contribution in [0.5, 0.6) is 0 Å². The number of halogens is 1. The highest BCUT2D eigenvalue weighted by molar-refractivity contribution is 14.0. The van der Waals surface area contributed by atoms with Crippen LogP contribution in [0.2, 0.25) is 0 Å². The molecule has 0 aromatic rings. The molecule has 5 heteroatoms. The number of nitrogens with two attached hydrogens (primary N) is 1. The highest BCUT2D eigenvalue weighted by Gasteiger charge is 2.33. The highest BCUT2D eigenvalue weighted by atomic mass is 127. The molecule has 0 bridgehead atoms. The van der Waals surface area contributed by atoms with Gasteiger partial charge in [0.15, 0.2) is 5.96 Å². The van der Waals surface area contributed by atoms with Crippen molar-refractivity contribution in [3.63, 3.8) is 0 Å². The summed E-state index contributed by atoms with van der Waals surface area (Å²) in [4.78, 5) is 4.42. The maximum absolute atomic E-state index is 5.89. The smallest absolute Gasteiger partial charge is 0.188 e. The predicted octanol–water partition coefficient (Wildman–Crippen LogP) is 1.88. The standard InChI is InChI=1S/C12H23N3O.HI/c1-12(8-16-9-12)7-14-11(13)15-10-5-3-2-4-6-10;/h10H,2-9H2,1H3,(H3,13,14,15);1H. The molecular weight excluding hydrogens is 329 g/mol. The molecule has 100 valence electrons. The van der Waals surface area contributed by atoms with E-state index in [-0.39, 0.29) is 29.4 Å². The predicted molar refractivity (Wildman–Crippen MR) is 80.8 cm³/mol. The van der Waals surface area contributed by atoms with Crippen LogP contribution in [0, 0.1) is 5.41 Å². The number of guanidine groups is 1. The van der Waals surface area contributed by atoms with Crippen molar-refractivity contribution in [3.8, 4) is 0 Å². The molecule has 0 spiro atoms. The molecule has 2 rings (SSSR count). The van der Waals surface area contributed by atoms with Gasteiger partial charge in [0.2, 0.25) is 0 Å². The Hall–Kier alpha value is -0.0400. The van der Waals surface area contributed by atoms with Gasteiger partial charge in [-0.3, -0.25) is 4.99 Å². The van der Waals surface area contributed by atoms with Crippen molar-refractivity contribution >= 4 is 29.9 Å². The van der Waals surface area contributed by atoms with Crippen molar-refractivity contribution in [1.82, 2.24) is 5.32 Å².